The van der Waals surface area contributed by atoms with E-state index in [9.17, 15) is 19.1 Å². The minimum atomic E-state index is -0.883. The van der Waals surface area contributed by atoms with E-state index in [4.69, 9.17) is 0 Å². The average molecular weight is 531 g/mol. The van der Waals surface area contributed by atoms with Gasteiger partial charge in [-0.05, 0) is 52.8 Å². The minimum absolute atomic E-state index is 0.114. The molecule has 2 aliphatic heterocycles. The monoisotopic (exact) mass is 530 g/mol. The summed E-state index contributed by atoms with van der Waals surface area (Å²) in [5.74, 6) is -0.391. The molecule has 210 valence electrons. The van der Waals surface area contributed by atoms with Crippen molar-refractivity contribution < 1.29 is 19.1 Å². The van der Waals surface area contributed by atoms with Gasteiger partial charge in [0.2, 0.25) is 0 Å². The number of nitrogens with zero attached hydrogens (tertiary/aromatic N) is 5. The van der Waals surface area contributed by atoms with Crippen molar-refractivity contribution in [2.75, 3.05) is 51.2 Å². The first-order valence-electron chi connectivity index (χ1n) is 13.5. The highest BCUT2D eigenvalue weighted by molar-refractivity contribution is 6.27. The number of aldehydes is 1. The van der Waals surface area contributed by atoms with Crippen molar-refractivity contribution in [1.29, 1.82) is 0 Å². The molecule has 0 bridgehead atoms. The molecule has 38 heavy (non-hydrogen) atoms. The molecule has 1 aromatic rings. The molecule has 4 rings (SSSR count). The molecule has 0 spiro atoms. The van der Waals surface area contributed by atoms with Gasteiger partial charge in [-0.3, -0.25) is 19.9 Å². The molecule has 3 fully saturated rings. The molecule has 2 atom stereocenters. The molecule has 2 heterocycles. The highest BCUT2D eigenvalue weighted by atomic mass is 19.1. The van der Waals surface area contributed by atoms with Gasteiger partial charge < -0.3 is 19.8 Å². The molecule has 1 aromatic carbocycles. The van der Waals surface area contributed by atoms with Gasteiger partial charge >= 0.3 is 0 Å². The van der Waals surface area contributed by atoms with Crippen LogP contribution in [-0.4, -0.2) is 102 Å². The van der Waals surface area contributed by atoms with E-state index in [-0.39, 0.29) is 35.7 Å². The number of hydrogen-bond acceptors (Lipinski definition) is 8. The van der Waals surface area contributed by atoms with Crippen LogP contribution >= 0.6 is 0 Å². The van der Waals surface area contributed by atoms with Crippen LogP contribution in [0.15, 0.2) is 41.6 Å². The molecular formula is C28H43FN6O3. The first-order chi connectivity index (χ1) is 18.1. The van der Waals surface area contributed by atoms with Gasteiger partial charge in [0.1, 0.15) is 17.7 Å². The SMILES string of the molecule is C=C1C(=O)N(CC)C(C)(C(O)NC2CCCC2)CN1/N=C(\C)C=O.CN1CCN(c2ccccc2F)CC1. The third kappa shape index (κ3) is 6.98. The van der Waals surface area contributed by atoms with Crippen LogP contribution < -0.4 is 10.2 Å². The highest BCUT2D eigenvalue weighted by Crippen LogP contribution is 2.31. The van der Waals surface area contributed by atoms with Crippen LogP contribution in [0.3, 0.4) is 0 Å². The summed E-state index contributed by atoms with van der Waals surface area (Å²) in [5, 5.41) is 19.7. The van der Waals surface area contributed by atoms with Crippen molar-refractivity contribution in [2.45, 2.75) is 64.3 Å². The van der Waals surface area contributed by atoms with Gasteiger partial charge in [0.15, 0.2) is 6.29 Å². The molecule has 2 unspecified atom stereocenters. The van der Waals surface area contributed by atoms with Crippen molar-refractivity contribution in [3.63, 3.8) is 0 Å². The molecule has 1 aliphatic carbocycles. The minimum Gasteiger partial charge on any atom is -0.376 e. The van der Waals surface area contributed by atoms with E-state index in [1.54, 1.807) is 17.9 Å². The van der Waals surface area contributed by atoms with Crippen LogP contribution in [0.4, 0.5) is 10.1 Å². The van der Waals surface area contributed by atoms with Gasteiger partial charge in [0.25, 0.3) is 5.91 Å². The van der Waals surface area contributed by atoms with Gasteiger partial charge in [0.05, 0.1) is 23.5 Å². The van der Waals surface area contributed by atoms with Gasteiger partial charge in [-0.25, -0.2) is 4.39 Å². The third-order valence-electron chi connectivity index (χ3n) is 7.69. The Bertz CT molecular complexity index is 1010. The second-order valence-electron chi connectivity index (χ2n) is 10.6. The van der Waals surface area contributed by atoms with Crippen LogP contribution in [0.2, 0.25) is 0 Å². The number of aliphatic hydroxyl groups is 1. The van der Waals surface area contributed by atoms with Crippen LogP contribution in [-0.2, 0) is 9.59 Å². The topological polar surface area (TPSA) is 91.7 Å². The summed E-state index contributed by atoms with van der Waals surface area (Å²) in [5.41, 5.74) is 0.348. The van der Waals surface area contributed by atoms with Crippen molar-refractivity contribution in [3.05, 3.63) is 42.4 Å². The molecular weight excluding hydrogens is 487 g/mol. The summed E-state index contributed by atoms with van der Waals surface area (Å²) in [6.45, 7) is 13.7. The second kappa shape index (κ2) is 13.3. The van der Waals surface area contributed by atoms with E-state index in [2.05, 4.69) is 33.8 Å². The number of halogens is 1. The summed E-state index contributed by atoms with van der Waals surface area (Å²) in [7, 11) is 2.10. The lowest BCUT2D eigenvalue weighted by atomic mass is 9.92. The number of benzene rings is 1. The van der Waals surface area contributed by atoms with Crippen molar-refractivity contribution in [2.24, 2.45) is 5.10 Å². The standard InChI is InChI=1S/C17H28N4O3.C11H15FN2/c1-5-20-15(23)13(3)21(19-12(2)10-22)11-17(20,4)16(24)18-14-8-6-7-9-14;1-13-6-8-14(9-7-13)11-5-3-2-4-10(11)12/h10,14,16,18,24H,3,5-9,11H2,1-2,4H3;2-5H,6-9H2,1H3/b19-12+;. The van der Waals surface area contributed by atoms with E-state index in [0.717, 1.165) is 57.5 Å². The number of rotatable bonds is 7. The Hall–Kier alpha value is -2.82. The predicted octanol–water partition coefficient (Wildman–Crippen LogP) is 2.43. The van der Waals surface area contributed by atoms with Gasteiger partial charge in [-0.2, -0.15) is 5.10 Å². The lowest BCUT2D eigenvalue weighted by Gasteiger charge is -2.50. The average Bonchev–Trinajstić information content (AvgIpc) is 3.42. The number of anilines is 1. The Labute approximate surface area is 225 Å². The zero-order valence-electron chi connectivity index (χ0n) is 23.2. The fourth-order valence-electron chi connectivity index (χ4n) is 5.28. The summed E-state index contributed by atoms with van der Waals surface area (Å²) in [6.07, 6.45) is 4.13. The number of piperazine rings is 2. The normalized spacial score (nSPS) is 24.4. The van der Waals surface area contributed by atoms with Crippen LogP contribution in [0.25, 0.3) is 0 Å². The maximum Gasteiger partial charge on any atom is 0.272 e. The molecule has 10 heteroatoms. The van der Waals surface area contributed by atoms with E-state index >= 15 is 0 Å². The molecule has 2 N–H and O–H groups in total. The Kier molecular flexibility index (Phi) is 10.4. The van der Waals surface area contributed by atoms with Crippen LogP contribution in [0, 0.1) is 5.82 Å². The van der Waals surface area contributed by atoms with E-state index in [1.807, 2.05) is 26.0 Å². The first kappa shape index (κ1) is 29.7. The Morgan fingerprint density at radius 2 is 1.89 bits per heavy atom. The maximum atomic E-state index is 13.4. The number of para-hydroxylation sites is 1. The van der Waals surface area contributed by atoms with Crippen molar-refractivity contribution in [1.82, 2.24) is 20.1 Å². The third-order valence-corrected chi connectivity index (χ3v) is 7.69. The number of likely N-dealkylation sites (N-methyl/N-ethyl adjacent to an activating group) is 2. The number of amides is 1. The summed E-state index contributed by atoms with van der Waals surface area (Å²) >= 11 is 0. The molecule has 0 aromatic heterocycles. The lowest BCUT2D eigenvalue weighted by molar-refractivity contribution is -0.150. The molecule has 2 saturated heterocycles. The first-order valence-corrected chi connectivity index (χ1v) is 13.5. The van der Waals surface area contributed by atoms with Crippen molar-refractivity contribution >= 4 is 23.6 Å². The Morgan fingerprint density at radius 1 is 1.26 bits per heavy atom. The van der Waals surface area contributed by atoms with Crippen molar-refractivity contribution in [3.8, 4) is 0 Å². The number of hydrazone groups is 1. The number of carbonyl (C=O) groups is 2. The van der Waals surface area contributed by atoms with Gasteiger partial charge in [0, 0.05) is 38.8 Å². The number of nitrogens with one attached hydrogen (secondary N) is 1. The fourth-order valence-corrected chi connectivity index (χ4v) is 5.28. The molecule has 9 nitrogen and oxygen atoms in total. The molecule has 3 aliphatic rings. The summed E-state index contributed by atoms with van der Waals surface area (Å²) < 4.78 is 13.4. The van der Waals surface area contributed by atoms with Crippen LogP contribution in [0.1, 0.15) is 46.5 Å². The van der Waals surface area contributed by atoms with E-state index in [0.29, 0.717) is 12.8 Å². The van der Waals surface area contributed by atoms with Gasteiger partial charge in [-0.15, -0.1) is 0 Å². The zero-order valence-corrected chi connectivity index (χ0v) is 23.2. The molecule has 0 radical (unpaired) electrons. The number of hydrogen-bond donors (Lipinski definition) is 2. The highest BCUT2D eigenvalue weighted by Gasteiger charge is 2.48. The Balaban J connectivity index is 0.000000241. The summed E-state index contributed by atoms with van der Waals surface area (Å²) in [4.78, 5) is 29.5. The van der Waals surface area contributed by atoms with E-state index in [1.165, 1.54) is 11.1 Å². The molecule has 1 amide bonds. The maximum absolute atomic E-state index is 13.4. The number of aliphatic hydroxyl groups excluding tert-OH is 1. The largest absolute Gasteiger partial charge is 0.376 e. The van der Waals surface area contributed by atoms with Gasteiger partial charge in [-0.1, -0.05) is 31.6 Å². The summed E-state index contributed by atoms with van der Waals surface area (Å²) in [6, 6.07) is 7.25. The van der Waals surface area contributed by atoms with Crippen LogP contribution in [0.5, 0.6) is 0 Å². The second-order valence-corrected chi connectivity index (χ2v) is 10.6. The predicted molar refractivity (Wildman–Crippen MR) is 148 cm³/mol. The Morgan fingerprint density at radius 3 is 2.47 bits per heavy atom. The van der Waals surface area contributed by atoms with E-state index < -0.39 is 11.8 Å². The fraction of sp³-hybridized carbons (Fsp3) is 0.607. The number of carbonyl (C=O) groups excluding carboxylic acids is 2. The molecule has 1 saturated carbocycles. The quantitative estimate of drug-likeness (QED) is 0.242. The lowest BCUT2D eigenvalue weighted by Crippen LogP contribution is -2.69. The zero-order chi connectivity index (χ0) is 27.9. The smallest absolute Gasteiger partial charge is 0.272 e.